The summed E-state index contributed by atoms with van der Waals surface area (Å²) in [6.45, 7) is 13.3. The molecule has 2 saturated heterocycles. The molecule has 3 saturated carbocycles. The lowest BCUT2D eigenvalue weighted by molar-refractivity contribution is -0.252. The summed E-state index contributed by atoms with van der Waals surface area (Å²) in [5.41, 5.74) is 3.51. The van der Waals surface area contributed by atoms with Crippen LogP contribution >= 0.6 is 0 Å². The van der Waals surface area contributed by atoms with Crippen molar-refractivity contribution in [3.05, 3.63) is 23.3 Å². The number of carboxylic acids is 1. The van der Waals surface area contributed by atoms with Gasteiger partial charge in [-0.25, -0.2) is 0 Å². The van der Waals surface area contributed by atoms with Crippen molar-refractivity contribution in [3.63, 3.8) is 0 Å². The normalized spacial score (nSPS) is 47.9. The Morgan fingerprint density at radius 1 is 1.09 bits per heavy atom. The minimum Gasteiger partial charge on any atom is -0.481 e. The molecule has 0 aromatic heterocycles. The van der Waals surface area contributed by atoms with Crippen LogP contribution < -0.4 is 0 Å². The highest BCUT2D eigenvalue weighted by atomic mass is 16.7. The predicted molar refractivity (Wildman–Crippen MR) is 129 cm³/mol. The zero-order valence-corrected chi connectivity index (χ0v) is 21.5. The zero-order valence-electron chi connectivity index (χ0n) is 21.5. The van der Waals surface area contributed by atoms with E-state index in [1.807, 2.05) is 0 Å². The van der Waals surface area contributed by atoms with Gasteiger partial charge in [0.1, 0.15) is 0 Å². The number of rotatable bonds is 4. The lowest BCUT2D eigenvalue weighted by Crippen LogP contribution is -2.50. The topological polar surface area (TPSA) is 68.3 Å². The fourth-order valence-electron chi connectivity index (χ4n) is 9.02. The molecule has 9 atom stereocenters. The maximum absolute atomic E-state index is 11.4. The molecule has 5 fully saturated rings. The SMILES string of the molecule is CC(C1OCC(C)(C)CO1)[C@H]1CCC2C3=CC=C4C[C@@H](CC(=O)O)[C@@H]5O[C@@H]5[C@]4(C)C3CC[C@@]21C. The molecule has 0 spiro atoms. The molecular weight excluding hydrogens is 428 g/mol. The first-order valence-electron chi connectivity index (χ1n) is 13.6. The first-order valence-corrected chi connectivity index (χ1v) is 13.6. The van der Waals surface area contributed by atoms with Crippen LogP contribution in [-0.2, 0) is 19.0 Å². The Morgan fingerprint density at radius 2 is 1.82 bits per heavy atom. The Kier molecular flexibility index (Phi) is 5.24. The number of epoxide rings is 1. The lowest BCUT2D eigenvalue weighted by atomic mass is 9.49. The van der Waals surface area contributed by atoms with E-state index in [0.717, 1.165) is 19.6 Å². The van der Waals surface area contributed by atoms with E-state index in [-0.39, 0.29) is 47.1 Å². The second-order valence-electron chi connectivity index (χ2n) is 13.6. The standard InChI is InChI=1S/C29H42O5/c1-16(26-32-14-27(2,3)15-33-26)20-8-9-21-19-7-6-18-12-17(13-23(30)31)24-25(34-24)29(18,5)22(19)10-11-28(20,21)4/h6-7,16-17,20-22,24-26H,8-15H2,1-5H3,(H,30,31)/t16?,17-,20+,21?,22?,24-,25-,28+,29-/m0/s1. The van der Waals surface area contributed by atoms with Crippen molar-refractivity contribution in [3.8, 4) is 0 Å². The molecule has 188 valence electrons. The van der Waals surface area contributed by atoms with Crippen molar-refractivity contribution in [2.45, 2.75) is 91.6 Å². The van der Waals surface area contributed by atoms with Gasteiger partial charge in [0.05, 0.1) is 31.8 Å². The average Bonchev–Trinajstić information content (AvgIpc) is 3.51. The average molecular weight is 471 g/mol. The second kappa shape index (κ2) is 7.66. The number of aliphatic carboxylic acids is 1. The molecule has 5 nitrogen and oxygen atoms in total. The molecule has 2 aliphatic heterocycles. The molecular formula is C29H42O5. The highest BCUT2D eigenvalue weighted by Gasteiger charge is 2.66. The first kappa shape index (κ1) is 23.2. The van der Waals surface area contributed by atoms with Gasteiger partial charge in [-0.15, -0.1) is 0 Å². The van der Waals surface area contributed by atoms with Gasteiger partial charge in [0.2, 0.25) is 0 Å². The summed E-state index contributed by atoms with van der Waals surface area (Å²) in [6, 6.07) is 0. The number of carbonyl (C=O) groups is 1. The van der Waals surface area contributed by atoms with Gasteiger partial charge in [0, 0.05) is 22.7 Å². The largest absolute Gasteiger partial charge is 0.481 e. The molecule has 6 aliphatic rings. The Labute approximate surface area is 204 Å². The van der Waals surface area contributed by atoms with Crippen molar-refractivity contribution < 1.29 is 24.1 Å². The quantitative estimate of drug-likeness (QED) is 0.542. The van der Waals surface area contributed by atoms with Crippen LogP contribution in [0.15, 0.2) is 23.3 Å². The van der Waals surface area contributed by atoms with E-state index < -0.39 is 5.97 Å². The number of fused-ring (bicyclic) bond motifs is 7. The third kappa shape index (κ3) is 3.33. The van der Waals surface area contributed by atoms with E-state index in [0.29, 0.717) is 23.7 Å². The van der Waals surface area contributed by atoms with Gasteiger partial charge in [0.15, 0.2) is 6.29 Å². The smallest absolute Gasteiger partial charge is 0.303 e. The van der Waals surface area contributed by atoms with Crippen LogP contribution in [0.25, 0.3) is 0 Å². The predicted octanol–water partition coefficient (Wildman–Crippen LogP) is 5.60. The number of allylic oxidation sites excluding steroid dienone is 3. The highest BCUT2D eigenvalue weighted by molar-refractivity contribution is 5.67. The fourth-order valence-corrected chi connectivity index (χ4v) is 9.02. The summed E-state index contributed by atoms with van der Waals surface area (Å²) in [5, 5.41) is 9.37. The first-order chi connectivity index (χ1) is 16.0. The maximum Gasteiger partial charge on any atom is 0.303 e. The Balaban J connectivity index is 1.24. The molecule has 0 aromatic carbocycles. The van der Waals surface area contributed by atoms with Crippen molar-refractivity contribution in [1.82, 2.24) is 0 Å². The molecule has 1 N–H and O–H groups in total. The zero-order chi connectivity index (χ0) is 24.0. The molecule has 3 unspecified atom stereocenters. The Morgan fingerprint density at radius 3 is 2.53 bits per heavy atom. The van der Waals surface area contributed by atoms with Gasteiger partial charge in [-0.05, 0) is 55.3 Å². The van der Waals surface area contributed by atoms with Crippen LogP contribution in [0.2, 0.25) is 0 Å². The minimum atomic E-state index is -0.704. The van der Waals surface area contributed by atoms with Crippen LogP contribution in [0.1, 0.15) is 73.1 Å². The van der Waals surface area contributed by atoms with Crippen LogP contribution in [-0.4, -0.2) is 42.8 Å². The van der Waals surface area contributed by atoms with Crippen LogP contribution in [0.3, 0.4) is 0 Å². The van der Waals surface area contributed by atoms with E-state index in [2.05, 4.69) is 46.8 Å². The molecule has 34 heavy (non-hydrogen) atoms. The minimum absolute atomic E-state index is 0.0377. The molecule has 0 bridgehead atoms. The number of carboxylic acid groups (broad SMARTS) is 1. The molecule has 2 heterocycles. The van der Waals surface area contributed by atoms with Crippen LogP contribution in [0.5, 0.6) is 0 Å². The third-order valence-electron chi connectivity index (χ3n) is 10.9. The maximum atomic E-state index is 11.4. The molecule has 5 heteroatoms. The highest BCUT2D eigenvalue weighted by Crippen LogP contribution is 2.69. The molecule has 0 radical (unpaired) electrons. The Hall–Kier alpha value is -1.17. The molecule has 6 rings (SSSR count). The summed E-state index contributed by atoms with van der Waals surface area (Å²) in [7, 11) is 0. The summed E-state index contributed by atoms with van der Waals surface area (Å²) < 4.78 is 18.7. The van der Waals surface area contributed by atoms with E-state index >= 15 is 0 Å². The van der Waals surface area contributed by atoms with E-state index in [9.17, 15) is 9.90 Å². The van der Waals surface area contributed by atoms with Crippen LogP contribution in [0, 0.1) is 45.8 Å². The van der Waals surface area contributed by atoms with Gasteiger partial charge in [-0.3, -0.25) is 4.79 Å². The van der Waals surface area contributed by atoms with Gasteiger partial charge < -0.3 is 19.3 Å². The summed E-state index contributed by atoms with van der Waals surface area (Å²) in [6.07, 6.45) is 11.1. The van der Waals surface area contributed by atoms with Gasteiger partial charge in [0.25, 0.3) is 0 Å². The number of ether oxygens (including phenoxy) is 3. The second-order valence-corrected chi connectivity index (χ2v) is 13.6. The monoisotopic (exact) mass is 470 g/mol. The third-order valence-corrected chi connectivity index (χ3v) is 10.9. The summed E-state index contributed by atoms with van der Waals surface area (Å²) in [4.78, 5) is 11.4. The van der Waals surface area contributed by atoms with Crippen molar-refractivity contribution in [1.29, 1.82) is 0 Å². The summed E-state index contributed by atoms with van der Waals surface area (Å²) >= 11 is 0. The summed E-state index contributed by atoms with van der Waals surface area (Å²) in [5.74, 6) is 1.58. The van der Waals surface area contributed by atoms with Crippen molar-refractivity contribution in [2.75, 3.05) is 13.2 Å². The molecule has 4 aliphatic carbocycles. The number of hydrogen-bond donors (Lipinski definition) is 1. The molecule has 0 aromatic rings. The van der Waals surface area contributed by atoms with E-state index in [1.54, 1.807) is 5.57 Å². The van der Waals surface area contributed by atoms with E-state index in [1.165, 1.54) is 31.3 Å². The van der Waals surface area contributed by atoms with Crippen molar-refractivity contribution in [2.24, 2.45) is 45.8 Å². The molecule has 0 amide bonds. The van der Waals surface area contributed by atoms with Gasteiger partial charge in [-0.2, -0.15) is 0 Å². The van der Waals surface area contributed by atoms with Gasteiger partial charge >= 0.3 is 5.97 Å². The Bertz CT molecular complexity index is 925. The van der Waals surface area contributed by atoms with Crippen molar-refractivity contribution >= 4 is 5.97 Å². The van der Waals surface area contributed by atoms with E-state index in [4.69, 9.17) is 14.2 Å². The van der Waals surface area contributed by atoms with Crippen LogP contribution in [0.4, 0.5) is 0 Å². The lowest BCUT2D eigenvalue weighted by Gasteiger charge is -2.54. The number of hydrogen-bond acceptors (Lipinski definition) is 4. The fraction of sp³-hybridized carbons (Fsp3) is 0.828. The van der Waals surface area contributed by atoms with Gasteiger partial charge in [-0.1, -0.05) is 57.9 Å².